The Kier molecular flexibility index (Phi) is 7.43. The summed E-state index contributed by atoms with van der Waals surface area (Å²) in [6.07, 6.45) is 0.415. The molecule has 1 aromatic rings. The summed E-state index contributed by atoms with van der Waals surface area (Å²) in [6.45, 7) is 7.27. The lowest BCUT2D eigenvalue weighted by atomic mass is 10.2. The van der Waals surface area contributed by atoms with Crippen LogP contribution in [-0.4, -0.2) is 18.9 Å². The number of amides is 2. The zero-order chi connectivity index (χ0) is 14.1. The molecule has 100 valence electrons. The van der Waals surface area contributed by atoms with Crippen molar-refractivity contribution in [2.75, 3.05) is 17.3 Å². The lowest BCUT2D eigenvalue weighted by Crippen LogP contribution is -2.24. The summed E-state index contributed by atoms with van der Waals surface area (Å²) >= 11 is 0. The van der Waals surface area contributed by atoms with Crippen molar-refractivity contribution in [3.05, 3.63) is 24.3 Å². The number of carbonyl (C=O) groups excluding carboxylic acids is 2. The number of nitrogens with zero attached hydrogens (tertiary/aromatic N) is 1. The van der Waals surface area contributed by atoms with Crippen LogP contribution in [0.3, 0.4) is 0 Å². The van der Waals surface area contributed by atoms with Crippen LogP contribution < -0.4 is 10.2 Å². The fraction of sp³-hybridized carbons (Fsp3) is 0.429. The van der Waals surface area contributed by atoms with Gasteiger partial charge in [0, 0.05) is 20.4 Å². The molecule has 0 unspecified atom stereocenters. The molecule has 4 heteroatoms. The summed E-state index contributed by atoms with van der Waals surface area (Å²) in [6, 6.07) is 7.23. The molecule has 0 spiro atoms. The summed E-state index contributed by atoms with van der Waals surface area (Å²) in [5.41, 5.74) is 1.36. The first kappa shape index (κ1) is 16.2. The minimum Gasteiger partial charge on any atom is -0.324 e. The number of benzene rings is 1. The quantitative estimate of drug-likeness (QED) is 0.896. The van der Waals surface area contributed by atoms with Gasteiger partial charge in [-0.2, -0.15) is 0 Å². The third-order valence-corrected chi connectivity index (χ3v) is 2.33. The van der Waals surface area contributed by atoms with Crippen molar-refractivity contribution in [2.24, 2.45) is 0 Å². The molecule has 0 saturated heterocycles. The highest BCUT2D eigenvalue weighted by atomic mass is 16.2. The van der Waals surface area contributed by atoms with Crippen LogP contribution in [0.4, 0.5) is 11.4 Å². The third kappa shape index (κ3) is 4.57. The minimum atomic E-state index is -0.0711. The smallest absolute Gasteiger partial charge is 0.224 e. The van der Waals surface area contributed by atoms with E-state index in [0.717, 1.165) is 0 Å². The van der Waals surface area contributed by atoms with Gasteiger partial charge in [-0.3, -0.25) is 9.59 Å². The van der Waals surface area contributed by atoms with Gasteiger partial charge in [-0.25, -0.2) is 0 Å². The Hall–Kier alpha value is -1.84. The average molecular weight is 250 g/mol. The average Bonchev–Trinajstić information content (AvgIpc) is 2.40. The van der Waals surface area contributed by atoms with E-state index in [4.69, 9.17) is 0 Å². The van der Waals surface area contributed by atoms with E-state index in [1.54, 1.807) is 26.1 Å². The third-order valence-electron chi connectivity index (χ3n) is 2.33. The van der Waals surface area contributed by atoms with Gasteiger partial charge in [0.05, 0.1) is 11.4 Å². The molecule has 0 bridgehead atoms. The molecule has 0 heterocycles. The molecule has 18 heavy (non-hydrogen) atoms. The molecule has 0 saturated carbocycles. The van der Waals surface area contributed by atoms with Gasteiger partial charge < -0.3 is 10.2 Å². The number of para-hydroxylation sites is 2. The lowest BCUT2D eigenvalue weighted by molar-refractivity contribution is -0.117. The predicted molar refractivity (Wildman–Crippen MR) is 75.8 cm³/mol. The molecular weight excluding hydrogens is 228 g/mol. The van der Waals surface area contributed by atoms with Crippen molar-refractivity contribution < 1.29 is 9.59 Å². The molecule has 1 N–H and O–H groups in total. The number of nitrogens with one attached hydrogen (secondary N) is 1. The van der Waals surface area contributed by atoms with E-state index in [-0.39, 0.29) is 11.8 Å². The Labute approximate surface area is 109 Å². The van der Waals surface area contributed by atoms with E-state index in [2.05, 4.69) is 5.32 Å². The van der Waals surface area contributed by atoms with Crippen molar-refractivity contribution in [2.45, 2.75) is 34.1 Å². The Morgan fingerprint density at radius 3 is 2.28 bits per heavy atom. The molecule has 4 nitrogen and oxygen atoms in total. The van der Waals surface area contributed by atoms with Gasteiger partial charge in [0.25, 0.3) is 0 Å². The van der Waals surface area contributed by atoms with Gasteiger partial charge in [-0.1, -0.05) is 32.9 Å². The topological polar surface area (TPSA) is 49.4 Å². The van der Waals surface area contributed by atoms with E-state index >= 15 is 0 Å². The maximum atomic E-state index is 11.3. The summed E-state index contributed by atoms with van der Waals surface area (Å²) < 4.78 is 0. The Bertz CT molecular complexity index is 403. The Balaban J connectivity index is 0.00000137. The fourth-order valence-corrected chi connectivity index (χ4v) is 1.28. The van der Waals surface area contributed by atoms with Crippen LogP contribution in [0.5, 0.6) is 0 Å². The molecule has 1 rings (SSSR count). The molecule has 0 aliphatic rings. The zero-order valence-electron chi connectivity index (χ0n) is 11.8. The molecule has 0 atom stereocenters. The van der Waals surface area contributed by atoms with Crippen LogP contribution in [0.2, 0.25) is 0 Å². The highest BCUT2D eigenvalue weighted by Gasteiger charge is 2.11. The molecular formula is C14H22N2O2. The van der Waals surface area contributed by atoms with Gasteiger partial charge in [0.2, 0.25) is 11.8 Å². The monoisotopic (exact) mass is 250 g/mol. The van der Waals surface area contributed by atoms with Crippen molar-refractivity contribution in [1.82, 2.24) is 0 Å². The van der Waals surface area contributed by atoms with Crippen molar-refractivity contribution in [1.29, 1.82) is 0 Å². The minimum absolute atomic E-state index is 0.0654. The number of rotatable bonds is 3. The highest BCUT2D eigenvalue weighted by molar-refractivity contribution is 5.99. The van der Waals surface area contributed by atoms with Gasteiger partial charge in [0.15, 0.2) is 0 Å². The Morgan fingerprint density at radius 2 is 1.78 bits per heavy atom. The number of hydrogen-bond donors (Lipinski definition) is 1. The lowest BCUT2D eigenvalue weighted by Gasteiger charge is -2.19. The van der Waals surface area contributed by atoms with Crippen molar-refractivity contribution in [3.8, 4) is 0 Å². The first-order valence-electron chi connectivity index (χ1n) is 6.19. The van der Waals surface area contributed by atoms with E-state index < -0.39 is 0 Å². The molecule has 0 aliphatic heterocycles. The maximum Gasteiger partial charge on any atom is 0.224 e. The number of anilines is 2. The molecule has 2 amide bonds. The van der Waals surface area contributed by atoms with Gasteiger partial charge in [-0.15, -0.1) is 0 Å². The van der Waals surface area contributed by atoms with Crippen LogP contribution in [0, 0.1) is 0 Å². The summed E-state index contributed by atoms with van der Waals surface area (Å²) in [4.78, 5) is 24.1. The fourth-order valence-electron chi connectivity index (χ4n) is 1.28. The SMILES string of the molecule is CC.CCC(=O)Nc1ccccc1N(C)C(C)=O. The predicted octanol–water partition coefficient (Wildman–Crippen LogP) is 3.04. The molecule has 1 aromatic carbocycles. The van der Waals surface area contributed by atoms with Crippen LogP contribution >= 0.6 is 0 Å². The maximum absolute atomic E-state index is 11.3. The highest BCUT2D eigenvalue weighted by Crippen LogP contribution is 2.24. The van der Waals surface area contributed by atoms with E-state index in [0.29, 0.717) is 17.8 Å². The van der Waals surface area contributed by atoms with Crippen LogP contribution in [-0.2, 0) is 9.59 Å². The van der Waals surface area contributed by atoms with Crippen molar-refractivity contribution in [3.63, 3.8) is 0 Å². The van der Waals surface area contributed by atoms with Gasteiger partial charge in [0.1, 0.15) is 0 Å². The summed E-state index contributed by atoms with van der Waals surface area (Å²) in [5, 5.41) is 2.76. The molecule has 0 radical (unpaired) electrons. The molecule has 0 aliphatic carbocycles. The van der Waals surface area contributed by atoms with Crippen LogP contribution in [0.15, 0.2) is 24.3 Å². The second-order valence-corrected chi connectivity index (χ2v) is 3.50. The summed E-state index contributed by atoms with van der Waals surface area (Å²) in [5.74, 6) is -0.136. The van der Waals surface area contributed by atoms with Crippen LogP contribution in [0.25, 0.3) is 0 Å². The normalized spacial score (nSPS) is 8.94. The summed E-state index contributed by atoms with van der Waals surface area (Å²) in [7, 11) is 1.68. The number of hydrogen-bond acceptors (Lipinski definition) is 2. The van der Waals surface area contributed by atoms with E-state index in [9.17, 15) is 9.59 Å². The number of carbonyl (C=O) groups is 2. The van der Waals surface area contributed by atoms with E-state index in [1.807, 2.05) is 26.0 Å². The zero-order valence-corrected chi connectivity index (χ0v) is 11.8. The second-order valence-electron chi connectivity index (χ2n) is 3.50. The largest absolute Gasteiger partial charge is 0.324 e. The first-order chi connectivity index (χ1) is 8.56. The first-order valence-corrected chi connectivity index (χ1v) is 6.19. The standard InChI is InChI=1S/C12H16N2O2.C2H6/c1-4-12(16)13-10-7-5-6-8-11(10)14(3)9(2)15;1-2/h5-8H,4H2,1-3H3,(H,13,16);1-2H3. The Morgan fingerprint density at radius 1 is 1.22 bits per heavy atom. The van der Waals surface area contributed by atoms with Gasteiger partial charge in [-0.05, 0) is 12.1 Å². The molecule has 0 aromatic heterocycles. The van der Waals surface area contributed by atoms with Crippen molar-refractivity contribution >= 4 is 23.2 Å². The second kappa shape index (κ2) is 8.28. The van der Waals surface area contributed by atoms with Gasteiger partial charge >= 0.3 is 0 Å². The molecule has 0 fully saturated rings. The van der Waals surface area contributed by atoms with Crippen LogP contribution in [0.1, 0.15) is 34.1 Å². The van der Waals surface area contributed by atoms with E-state index in [1.165, 1.54) is 11.8 Å².